The van der Waals surface area contributed by atoms with Crippen molar-refractivity contribution in [1.82, 2.24) is 4.90 Å². The number of hydrogen-bond acceptors (Lipinski definition) is 6. The fraction of sp³-hybridized carbons (Fsp3) is 0.647. The van der Waals surface area contributed by atoms with Gasteiger partial charge in [0.05, 0.1) is 25.4 Å². The van der Waals surface area contributed by atoms with E-state index in [2.05, 4.69) is 4.90 Å². The van der Waals surface area contributed by atoms with Crippen molar-refractivity contribution < 1.29 is 24.1 Å². The molecular formula is C17H23NO5. The SMILES string of the molecule is COc1cc2c(cc1CN1CCC3(CC1)C[C@H](O)CO3)OCO2. The molecule has 1 atom stereocenters. The van der Waals surface area contributed by atoms with Gasteiger partial charge in [-0.25, -0.2) is 0 Å². The summed E-state index contributed by atoms with van der Waals surface area (Å²) in [6, 6.07) is 3.92. The quantitative estimate of drug-likeness (QED) is 0.911. The minimum Gasteiger partial charge on any atom is -0.496 e. The molecule has 0 amide bonds. The molecular weight excluding hydrogens is 298 g/mol. The molecule has 126 valence electrons. The van der Waals surface area contributed by atoms with E-state index in [-0.39, 0.29) is 18.5 Å². The van der Waals surface area contributed by atoms with Gasteiger partial charge in [0, 0.05) is 37.7 Å². The number of rotatable bonds is 3. The van der Waals surface area contributed by atoms with Gasteiger partial charge < -0.3 is 24.1 Å². The Kier molecular flexibility index (Phi) is 3.83. The third-order valence-corrected chi connectivity index (χ3v) is 5.13. The fourth-order valence-corrected chi connectivity index (χ4v) is 3.81. The predicted molar refractivity (Wildman–Crippen MR) is 82.9 cm³/mol. The van der Waals surface area contributed by atoms with E-state index in [1.807, 2.05) is 12.1 Å². The average Bonchev–Trinajstić information content (AvgIpc) is 3.15. The first-order chi connectivity index (χ1) is 11.2. The van der Waals surface area contributed by atoms with Crippen LogP contribution in [0.3, 0.4) is 0 Å². The maximum atomic E-state index is 9.72. The van der Waals surface area contributed by atoms with Crippen molar-refractivity contribution in [3.05, 3.63) is 17.7 Å². The number of aliphatic hydroxyl groups excluding tert-OH is 1. The van der Waals surface area contributed by atoms with E-state index >= 15 is 0 Å². The van der Waals surface area contributed by atoms with Gasteiger partial charge in [-0.1, -0.05) is 0 Å². The van der Waals surface area contributed by atoms with Crippen molar-refractivity contribution in [2.45, 2.75) is 37.5 Å². The maximum Gasteiger partial charge on any atom is 0.231 e. The maximum absolute atomic E-state index is 9.72. The zero-order chi connectivity index (χ0) is 15.9. The number of ether oxygens (including phenoxy) is 4. The summed E-state index contributed by atoms with van der Waals surface area (Å²) in [5.74, 6) is 2.37. The van der Waals surface area contributed by atoms with Crippen molar-refractivity contribution in [1.29, 1.82) is 0 Å². The van der Waals surface area contributed by atoms with Crippen LogP contribution in [0.2, 0.25) is 0 Å². The molecule has 4 rings (SSSR count). The molecule has 3 aliphatic heterocycles. The third-order valence-electron chi connectivity index (χ3n) is 5.13. The van der Waals surface area contributed by atoms with Crippen molar-refractivity contribution in [2.24, 2.45) is 0 Å². The number of nitrogens with zero attached hydrogens (tertiary/aromatic N) is 1. The molecule has 1 N–H and O–H groups in total. The van der Waals surface area contributed by atoms with E-state index in [9.17, 15) is 5.11 Å². The molecule has 3 aliphatic rings. The molecule has 0 aliphatic carbocycles. The molecule has 0 unspecified atom stereocenters. The summed E-state index contributed by atoms with van der Waals surface area (Å²) < 4.78 is 22.2. The number of hydrogen-bond donors (Lipinski definition) is 1. The number of likely N-dealkylation sites (tertiary alicyclic amines) is 1. The second-order valence-electron chi connectivity index (χ2n) is 6.65. The Labute approximate surface area is 135 Å². The summed E-state index contributed by atoms with van der Waals surface area (Å²) in [6.07, 6.45) is 2.41. The van der Waals surface area contributed by atoms with Crippen LogP contribution >= 0.6 is 0 Å². The van der Waals surface area contributed by atoms with E-state index in [1.165, 1.54) is 0 Å². The Balaban J connectivity index is 1.43. The molecule has 0 aromatic heterocycles. The molecule has 6 heteroatoms. The van der Waals surface area contributed by atoms with Crippen LogP contribution in [-0.2, 0) is 11.3 Å². The van der Waals surface area contributed by atoms with E-state index in [1.54, 1.807) is 7.11 Å². The van der Waals surface area contributed by atoms with Crippen LogP contribution < -0.4 is 14.2 Å². The monoisotopic (exact) mass is 321 g/mol. The lowest BCUT2D eigenvalue weighted by Crippen LogP contribution is -2.43. The predicted octanol–water partition coefficient (Wildman–Crippen LogP) is 1.54. The van der Waals surface area contributed by atoms with Crippen molar-refractivity contribution in [2.75, 3.05) is 33.6 Å². The molecule has 2 fully saturated rings. The zero-order valence-electron chi connectivity index (χ0n) is 13.4. The summed E-state index contributed by atoms with van der Waals surface area (Å²) in [5.41, 5.74) is 1.01. The van der Waals surface area contributed by atoms with Gasteiger partial charge in [0.2, 0.25) is 6.79 Å². The molecule has 0 radical (unpaired) electrons. The highest BCUT2D eigenvalue weighted by Crippen LogP contribution is 2.40. The Bertz CT molecular complexity index is 583. The van der Waals surface area contributed by atoms with Gasteiger partial charge in [0.25, 0.3) is 0 Å². The van der Waals surface area contributed by atoms with E-state index in [0.29, 0.717) is 6.61 Å². The molecule has 2 saturated heterocycles. The number of fused-ring (bicyclic) bond motifs is 1. The van der Waals surface area contributed by atoms with Gasteiger partial charge in [-0.15, -0.1) is 0 Å². The van der Waals surface area contributed by atoms with E-state index in [4.69, 9.17) is 18.9 Å². The number of aliphatic hydroxyl groups is 1. The second-order valence-corrected chi connectivity index (χ2v) is 6.65. The van der Waals surface area contributed by atoms with Gasteiger partial charge in [0.1, 0.15) is 5.75 Å². The minimum absolute atomic E-state index is 0.102. The summed E-state index contributed by atoms with van der Waals surface area (Å²) in [7, 11) is 1.68. The van der Waals surface area contributed by atoms with Crippen LogP contribution in [-0.4, -0.2) is 55.3 Å². The highest BCUT2D eigenvalue weighted by atomic mass is 16.7. The molecule has 23 heavy (non-hydrogen) atoms. The molecule has 0 bridgehead atoms. The molecule has 3 heterocycles. The van der Waals surface area contributed by atoms with Crippen molar-refractivity contribution in [3.63, 3.8) is 0 Å². The smallest absolute Gasteiger partial charge is 0.231 e. The summed E-state index contributed by atoms with van der Waals surface area (Å²) in [6.45, 7) is 3.50. The zero-order valence-corrected chi connectivity index (χ0v) is 13.4. The molecule has 0 saturated carbocycles. The number of methoxy groups -OCH3 is 1. The second kappa shape index (κ2) is 5.85. The van der Waals surface area contributed by atoms with Crippen molar-refractivity contribution >= 4 is 0 Å². The lowest BCUT2D eigenvalue weighted by atomic mass is 9.88. The van der Waals surface area contributed by atoms with Gasteiger partial charge in [-0.2, -0.15) is 0 Å². The van der Waals surface area contributed by atoms with Crippen LogP contribution in [0.1, 0.15) is 24.8 Å². The Morgan fingerprint density at radius 1 is 1.26 bits per heavy atom. The van der Waals surface area contributed by atoms with E-state index < -0.39 is 0 Å². The van der Waals surface area contributed by atoms with Crippen LogP contribution in [0.15, 0.2) is 12.1 Å². The molecule has 1 aromatic rings. The normalized spacial score (nSPS) is 25.9. The lowest BCUT2D eigenvalue weighted by Gasteiger charge is -2.38. The van der Waals surface area contributed by atoms with Crippen molar-refractivity contribution in [3.8, 4) is 17.2 Å². The van der Waals surface area contributed by atoms with E-state index in [0.717, 1.165) is 61.7 Å². The van der Waals surface area contributed by atoms with Gasteiger partial charge >= 0.3 is 0 Å². The largest absolute Gasteiger partial charge is 0.496 e. The first kappa shape index (κ1) is 15.1. The minimum atomic E-state index is -0.296. The summed E-state index contributed by atoms with van der Waals surface area (Å²) >= 11 is 0. The van der Waals surface area contributed by atoms with Crippen LogP contribution in [0.4, 0.5) is 0 Å². The first-order valence-corrected chi connectivity index (χ1v) is 8.18. The standard InChI is InChI=1S/C17H23NO5/c1-20-14-7-16-15(21-11-22-16)6-12(14)9-18-4-2-17(3-5-18)8-13(19)10-23-17/h6-7,13,19H,2-5,8-11H2,1H3/t13-/m0/s1. The summed E-state index contributed by atoms with van der Waals surface area (Å²) in [4.78, 5) is 2.40. The highest BCUT2D eigenvalue weighted by molar-refractivity contribution is 5.51. The fourth-order valence-electron chi connectivity index (χ4n) is 3.81. The molecule has 1 aromatic carbocycles. The Morgan fingerprint density at radius 3 is 2.65 bits per heavy atom. The first-order valence-electron chi connectivity index (χ1n) is 8.18. The molecule has 6 nitrogen and oxygen atoms in total. The van der Waals surface area contributed by atoms with Crippen LogP contribution in [0.5, 0.6) is 17.2 Å². The number of piperidine rings is 1. The number of benzene rings is 1. The third kappa shape index (κ3) is 2.86. The Morgan fingerprint density at radius 2 is 2.00 bits per heavy atom. The van der Waals surface area contributed by atoms with Crippen LogP contribution in [0.25, 0.3) is 0 Å². The van der Waals surface area contributed by atoms with Gasteiger partial charge in [0.15, 0.2) is 11.5 Å². The van der Waals surface area contributed by atoms with Gasteiger partial charge in [-0.3, -0.25) is 4.90 Å². The lowest BCUT2D eigenvalue weighted by molar-refractivity contribution is -0.0457. The average molecular weight is 321 g/mol. The summed E-state index contributed by atoms with van der Waals surface area (Å²) in [5, 5.41) is 9.72. The van der Waals surface area contributed by atoms with Gasteiger partial charge in [-0.05, 0) is 18.9 Å². The topological polar surface area (TPSA) is 60.4 Å². The molecule has 1 spiro atoms. The van der Waals surface area contributed by atoms with Crippen LogP contribution in [0, 0.1) is 0 Å². The highest BCUT2D eigenvalue weighted by Gasteiger charge is 2.42. The Hall–Kier alpha value is -1.50.